The number of carbonyl (C=O) groups is 2. The van der Waals surface area contributed by atoms with Gasteiger partial charge in [-0.2, -0.15) is 4.98 Å². The van der Waals surface area contributed by atoms with E-state index in [4.69, 9.17) is 14.4 Å². The molecular weight excluding hydrogens is 266 g/mol. The van der Waals surface area contributed by atoms with Crippen LogP contribution in [0.25, 0.3) is 0 Å². The second-order valence-corrected chi connectivity index (χ2v) is 4.65. The van der Waals surface area contributed by atoms with Gasteiger partial charge in [0.05, 0.1) is 25.7 Å². The zero-order valence-corrected chi connectivity index (χ0v) is 11.2. The summed E-state index contributed by atoms with van der Waals surface area (Å²) in [6.45, 7) is 2.82. The Morgan fingerprint density at radius 2 is 2.30 bits per heavy atom. The van der Waals surface area contributed by atoms with Crippen LogP contribution in [0.2, 0.25) is 0 Å². The fraction of sp³-hybridized carbons (Fsp3) is 0.667. The van der Waals surface area contributed by atoms with Gasteiger partial charge in [-0.3, -0.25) is 9.59 Å². The predicted molar refractivity (Wildman–Crippen MR) is 65.9 cm³/mol. The first kappa shape index (κ1) is 14.4. The molecule has 20 heavy (non-hydrogen) atoms. The molecule has 1 aliphatic heterocycles. The minimum atomic E-state index is -0.939. The molecule has 1 saturated heterocycles. The molecule has 0 aromatic carbocycles. The summed E-state index contributed by atoms with van der Waals surface area (Å²) in [5.41, 5.74) is 0. The van der Waals surface area contributed by atoms with Crippen molar-refractivity contribution in [2.24, 2.45) is 0 Å². The number of aryl methyl sites for hydroxylation is 2. The van der Waals surface area contributed by atoms with Crippen LogP contribution < -0.4 is 0 Å². The van der Waals surface area contributed by atoms with Crippen LogP contribution in [0.1, 0.15) is 24.6 Å². The molecule has 0 aliphatic carbocycles. The van der Waals surface area contributed by atoms with Gasteiger partial charge in [0.15, 0.2) is 5.82 Å². The van der Waals surface area contributed by atoms with E-state index < -0.39 is 12.0 Å². The Morgan fingerprint density at radius 3 is 2.95 bits per heavy atom. The third-order valence-corrected chi connectivity index (χ3v) is 3.08. The average Bonchev–Trinajstić information content (AvgIpc) is 2.82. The second-order valence-electron chi connectivity index (χ2n) is 4.65. The predicted octanol–water partition coefficient (Wildman–Crippen LogP) is 0.0127. The molecule has 1 aromatic heterocycles. The standard InChI is InChI=1S/C12H17N3O5/c1-8-13-10(20-14-8)2-3-11(16)15-4-5-19-7-9(15)6-12(17)18/h9H,2-7H2,1H3,(H,17,18). The highest BCUT2D eigenvalue weighted by Crippen LogP contribution is 2.13. The van der Waals surface area contributed by atoms with Crippen molar-refractivity contribution in [3.63, 3.8) is 0 Å². The number of nitrogens with zero attached hydrogens (tertiary/aromatic N) is 3. The molecule has 1 fully saturated rings. The van der Waals surface area contributed by atoms with E-state index in [0.29, 0.717) is 31.3 Å². The highest BCUT2D eigenvalue weighted by molar-refractivity contribution is 5.78. The van der Waals surface area contributed by atoms with E-state index in [9.17, 15) is 9.59 Å². The number of aliphatic carboxylic acids is 1. The summed E-state index contributed by atoms with van der Waals surface area (Å²) in [5, 5.41) is 12.5. The third kappa shape index (κ3) is 3.77. The molecule has 1 amide bonds. The Hall–Kier alpha value is -1.96. The van der Waals surface area contributed by atoms with Crippen LogP contribution in [-0.2, 0) is 20.7 Å². The Morgan fingerprint density at radius 1 is 1.50 bits per heavy atom. The normalized spacial score (nSPS) is 19.1. The van der Waals surface area contributed by atoms with E-state index in [2.05, 4.69) is 10.1 Å². The number of carboxylic acid groups (broad SMARTS) is 1. The number of ether oxygens (including phenoxy) is 1. The first-order chi connectivity index (χ1) is 9.56. The Labute approximate surface area is 115 Å². The third-order valence-electron chi connectivity index (χ3n) is 3.08. The molecule has 1 N–H and O–H groups in total. The van der Waals surface area contributed by atoms with Gasteiger partial charge in [-0.05, 0) is 6.92 Å². The smallest absolute Gasteiger partial charge is 0.305 e. The lowest BCUT2D eigenvalue weighted by atomic mass is 10.1. The Balaban J connectivity index is 1.90. The molecule has 0 spiro atoms. The lowest BCUT2D eigenvalue weighted by molar-refractivity contribution is -0.146. The minimum Gasteiger partial charge on any atom is -0.481 e. The van der Waals surface area contributed by atoms with Crippen molar-refractivity contribution in [1.29, 1.82) is 0 Å². The lowest BCUT2D eigenvalue weighted by Crippen LogP contribution is -2.49. The lowest BCUT2D eigenvalue weighted by Gasteiger charge is -2.34. The number of amides is 1. The summed E-state index contributed by atoms with van der Waals surface area (Å²) in [6.07, 6.45) is 0.472. The molecule has 1 aliphatic rings. The summed E-state index contributed by atoms with van der Waals surface area (Å²) in [4.78, 5) is 28.5. The van der Waals surface area contributed by atoms with Gasteiger partial charge in [0.2, 0.25) is 11.8 Å². The molecule has 8 nitrogen and oxygen atoms in total. The summed E-state index contributed by atoms with van der Waals surface area (Å²) >= 11 is 0. The van der Waals surface area contributed by atoms with Gasteiger partial charge in [-0.25, -0.2) is 0 Å². The summed E-state index contributed by atoms with van der Waals surface area (Å²) in [5.74, 6) is -0.109. The molecule has 2 heterocycles. The highest BCUT2D eigenvalue weighted by atomic mass is 16.5. The van der Waals surface area contributed by atoms with Gasteiger partial charge in [-0.1, -0.05) is 5.16 Å². The van der Waals surface area contributed by atoms with E-state index in [-0.39, 0.29) is 25.4 Å². The maximum atomic E-state index is 12.2. The van der Waals surface area contributed by atoms with Crippen LogP contribution in [-0.4, -0.2) is 57.8 Å². The first-order valence-electron chi connectivity index (χ1n) is 6.44. The average molecular weight is 283 g/mol. The van der Waals surface area contributed by atoms with Gasteiger partial charge < -0.3 is 19.3 Å². The van der Waals surface area contributed by atoms with Gasteiger partial charge >= 0.3 is 5.97 Å². The van der Waals surface area contributed by atoms with E-state index in [0.717, 1.165) is 0 Å². The molecule has 1 atom stereocenters. The van der Waals surface area contributed by atoms with E-state index in [1.165, 1.54) is 0 Å². The number of rotatable bonds is 5. The van der Waals surface area contributed by atoms with Gasteiger partial charge in [0.25, 0.3) is 0 Å². The molecule has 0 saturated carbocycles. The fourth-order valence-electron chi connectivity index (χ4n) is 2.15. The van der Waals surface area contributed by atoms with Crippen molar-refractivity contribution in [2.45, 2.75) is 32.2 Å². The number of hydrogen-bond donors (Lipinski definition) is 1. The molecule has 1 unspecified atom stereocenters. The van der Waals surface area contributed by atoms with Crippen molar-refractivity contribution in [2.75, 3.05) is 19.8 Å². The summed E-state index contributed by atoms with van der Waals surface area (Å²) < 4.78 is 10.2. The molecule has 2 rings (SSSR count). The number of aromatic nitrogens is 2. The second kappa shape index (κ2) is 6.47. The Bertz CT molecular complexity index is 487. The van der Waals surface area contributed by atoms with Crippen LogP contribution in [0.4, 0.5) is 0 Å². The Kier molecular flexibility index (Phi) is 4.67. The van der Waals surface area contributed by atoms with E-state index in [1.54, 1.807) is 11.8 Å². The van der Waals surface area contributed by atoms with Gasteiger partial charge in [0, 0.05) is 19.4 Å². The zero-order chi connectivity index (χ0) is 14.5. The van der Waals surface area contributed by atoms with Gasteiger partial charge in [0.1, 0.15) is 0 Å². The highest BCUT2D eigenvalue weighted by Gasteiger charge is 2.29. The van der Waals surface area contributed by atoms with Gasteiger partial charge in [-0.15, -0.1) is 0 Å². The maximum Gasteiger partial charge on any atom is 0.305 e. The number of carbonyl (C=O) groups excluding carboxylic acids is 1. The monoisotopic (exact) mass is 283 g/mol. The number of carboxylic acids is 1. The summed E-state index contributed by atoms with van der Waals surface area (Å²) in [7, 11) is 0. The van der Waals surface area contributed by atoms with Crippen LogP contribution in [0.3, 0.4) is 0 Å². The van der Waals surface area contributed by atoms with Crippen LogP contribution in [0.5, 0.6) is 0 Å². The quantitative estimate of drug-likeness (QED) is 0.811. The molecule has 1 aromatic rings. The van der Waals surface area contributed by atoms with Crippen LogP contribution >= 0.6 is 0 Å². The van der Waals surface area contributed by atoms with E-state index >= 15 is 0 Å². The van der Waals surface area contributed by atoms with Crippen molar-refractivity contribution >= 4 is 11.9 Å². The summed E-state index contributed by atoms with van der Waals surface area (Å²) in [6, 6.07) is -0.404. The molecule has 0 bridgehead atoms. The first-order valence-corrected chi connectivity index (χ1v) is 6.44. The maximum absolute atomic E-state index is 12.2. The topological polar surface area (TPSA) is 106 Å². The largest absolute Gasteiger partial charge is 0.481 e. The van der Waals surface area contributed by atoms with Crippen molar-refractivity contribution < 1.29 is 24.0 Å². The van der Waals surface area contributed by atoms with Crippen LogP contribution in [0.15, 0.2) is 4.52 Å². The minimum absolute atomic E-state index is 0.106. The number of morpholine rings is 1. The van der Waals surface area contributed by atoms with Crippen molar-refractivity contribution in [1.82, 2.24) is 15.0 Å². The van der Waals surface area contributed by atoms with Crippen molar-refractivity contribution in [3.05, 3.63) is 11.7 Å². The number of hydrogen-bond acceptors (Lipinski definition) is 6. The molecule has 110 valence electrons. The van der Waals surface area contributed by atoms with Crippen LogP contribution in [0, 0.1) is 6.92 Å². The zero-order valence-electron chi connectivity index (χ0n) is 11.2. The SMILES string of the molecule is Cc1noc(CCC(=O)N2CCOCC2CC(=O)O)n1. The van der Waals surface area contributed by atoms with E-state index in [1.807, 2.05) is 0 Å². The molecule has 8 heteroatoms. The fourth-order valence-corrected chi connectivity index (χ4v) is 2.15. The molecular formula is C12H17N3O5. The molecule has 0 radical (unpaired) electrons. The van der Waals surface area contributed by atoms with Crippen molar-refractivity contribution in [3.8, 4) is 0 Å².